The van der Waals surface area contributed by atoms with Crippen molar-refractivity contribution in [2.45, 2.75) is 17.9 Å². The number of benzene rings is 2. The van der Waals surface area contributed by atoms with E-state index >= 15 is 0 Å². The summed E-state index contributed by atoms with van der Waals surface area (Å²) in [5.74, 6) is -1.02. The molecule has 2 heterocycles. The van der Waals surface area contributed by atoms with Gasteiger partial charge >= 0.3 is 0 Å². The Kier molecular flexibility index (Phi) is 6.10. The van der Waals surface area contributed by atoms with E-state index in [4.69, 9.17) is 4.42 Å². The molecule has 30 heavy (non-hydrogen) atoms. The van der Waals surface area contributed by atoms with Crippen LogP contribution < -0.4 is 4.90 Å². The number of hydrogen-bond acceptors (Lipinski definition) is 5. The molecule has 9 heteroatoms. The van der Waals surface area contributed by atoms with Gasteiger partial charge in [0.2, 0.25) is 5.91 Å². The molecule has 0 aliphatic heterocycles. The van der Waals surface area contributed by atoms with Crippen LogP contribution in [0.5, 0.6) is 0 Å². The summed E-state index contributed by atoms with van der Waals surface area (Å²) in [5, 5.41) is 0.266. The summed E-state index contributed by atoms with van der Waals surface area (Å²) in [6.45, 7) is 0.122. The Bertz CT molecular complexity index is 1160. The van der Waals surface area contributed by atoms with Crippen LogP contribution in [0.15, 0.2) is 64.1 Å². The summed E-state index contributed by atoms with van der Waals surface area (Å²) < 4.78 is 46.3. The number of fused-ring (bicyclic) bond motifs is 1. The molecule has 2 aromatic heterocycles. The van der Waals surface area contributed by atoms with Gasteiger partial charge in [-0.15, -0.1) is 11.8 Å². The number of aromatic nitrogens is 1. The molecule has 0 aliphatic carbocycles. The minimum atomic E-state index is -0.773. The highest BCUT2D eigenvalue weighted by Crippen LogP contribution is 2.32. The standard InChI is InChI=1S/C21H15F3N2O2S2/c22-13-3-5-16(6-4-13)29-9-7-19(27)26(12-15-2-1-8-28-15)21-25-20-17(24)10-14(23)11-18(20)30-21/h1-6,8,10-11H,7,9,12H2. The summed E-state index contributed by atoms with van der Waals surface area (Å²) in [7, 11) is 0. The molecule has 2 aromatic carbocycles. The molecule has 0 N–H and O–H groups in total. The number of nitrogens with zero attached hydrogens (tertiary/aromatic N) is 2. The Labute approximate surface area is 178 Å². The predicted octanol–water partition coefficient (Wildman–Crippen LogP) is 6.02. The number of thioether (sulfide) groups is 1. The minimum Gasteiger partial charge on any atom is -0.467 e. The molecule has 0 fully saturated rings. The maximum absolute atomic E-state index is 14.1. The number of halogens is 3. The van der Waals surface area contributed by atoms with E-state index in [9.17, 15) is 18.0 Å². The van der Waals surface area contributed by atoms with E-state index in [-0.39, 0.29) is 35.3 Å². The average Bonchev–Trinajstić information content (AvgIpc) is 3.37. The van der Waals surface area contributed by atoms with Gasteiger partial charge in [0.25, 0.3) is 0 Å². The molecular weight excluding hydrogens is 433 g/mol. The Morgan fingerprint density at radius 1 is 1.10 bits per heavy atom. The van der Waals surface area contributed by atoms with Crippen molar-refractivity contribution < 1.29 is 22.4 Å². The summed E-state index contributed by atoms with van der Waals surface area (Å²) in [5.41, 5.74) is 0.0225. The number of carbonyl (C=O) groups is 1. The number of rotatable bonds is 7. The van der Waals surface area contributed by atoms with Gasteiger partial charge < -0.3 is 4.42 Å². The first-order chi connectivity index (χ1) is 14.5. The van der Waals surface area contributed by atoms with E-state index in [1.54, 1.807) is 24.3 Å². The van der Waals surface area contributed by atoms with Crippen molar-refractivity contribution in [3.63, 3.8) is 0 Å². The van der Waals surface area contributed by atoms with E-state index < -0.39 is 11.6 Å². The second kappa shape index (κ2) is 8.93. The van der Waals surface area contributed by atoms with E-state index in [1.807, 2.05) is 0 Å². The number of furan rings is 1. The number of thiazole rings is 1. The molecule has 0 radical (unpaired) electrons. The normalized spacial score (nSPS) is 11.2. The molecule has 0 spiro atoms. The van der Waals surface area contributed by atoms with Crippen molar-refractivity contribution in [3.8, 4) is 0 Å². The topological polar surface area (TPSA) is 46.3 Å². The van der Waals surface area contributed by atoms with Crippen LogP contribution in [0.1, 0.15) is 12.2 Å². The Hall–Kier alpha value is -2.78. The number of carbonyl (C=O) groups excluding carboxylic acids is 1. The van der Waals surface area contributed by atoms with Gasteiger partial charge in [-0.05, 0) is 42.5 Å². The van der Waals surface area contributed by atoms with E-state index in [0.717, 1.165) is 22.3 Å². The highest BCUT2D eigenvalue weighted by molar-refractivity contribution is 7.99. The predicted molar refractivity (Wildman–Crippen MR) is 111 cm³/mol. The van der Waals surface area contributed by atoms with Crippen molar-refractivity contribution in [1.29, 1.82) is 0 Å². The van der Waals surface area contributed by atoms with Crippen LogP contribution in [0.4, 0.5) is 18.3 Å². The van der Waals surface area contributed by atoms with Gasteiger partial charge in [-0.2, -0.15) is 0 Å². The average molecular weight is 448 g/mol. The number of anilines is 1. The van der Waals surface area contributed by atoms with Crippen LogP contribution in [0.25, 0.3) is 10.2 Å². The molecule has 4 rings (SSSR count). The minimum absolute atomic E-state index is 0.0225. The third-order valence-corrected chi connectivity index (χ3v) is 6.27. The molecule has 0 unspecified atom stereocenters. The lowest BCUT2D eigenvalue weighted by atomic mass is 10.3. The Morgan fingerprint density at radius 3 is 2.63 bits per heavy atom. The van der Waals surface area contributed by atoms with Crippen LogP contribution >= 0.6 is 23.1 Å². The fourth-order valence-electron chi connectivity index (χ4n) is 2.80. The highest BCUT2D eigenvalue weighted by atomic mass is 32.2. The molecule has 0 atom stereocenters. The highest BCUT2D eigenvalue weighted by Gasteiger charge is 2.22. The van der Waals surface area contributed by atoms with E-state index in [0.29, 0.717) is 16.2 Å². The van der Waals surface area contributed by atoms with Gasteiger partial charge in [0.15, 0.2) is 10.9 Å². The Balaban J connectivity index is 1.54. The lowest BCUT2D eigenvalue weighted by Crippen LogP contribution is -2.30. The molecular formula is C21H15F3N2O2S2. The molecule has 0 saturated carbocycles. The summed E-state index contributed by atoms with van der Waals surface area (Å²) in [6, 6.07) is 11.4. The molecule has 0 aliphatic rings. The maximum atomic E-state index is 14.1. The zero-order chi connectivity index (χ0) is 21.1. The lowest BCUT2D eigenvalue weighted by Gasteiger charge is -2.18. The second-order valence-corrected chi connectivity index (χ2v) is 8.52. The van der Waals surface area contributed by atoms with Crippen molar-refractivity contribution in [2.24, 2.45) is 0 Å². The molecule has 4 nitrogen and oxygen atoms in total. The van der Waals surface area contributed by atoms with Gasteiger partial charge in [-0.25, -0.2) is 18.2 Å². The lowest BCUT2D eigenvalue weighted by molar-refractivity contribution is -0.118. The molecule has 154 valence electrons. The third kappa shape index (κ3) is 4.68. The van der Waals surface area contributed by atoms with Gasteiger partial charge in [-0.1, -0.05) is 11.3 Å². The van der Waals surface area contributed by atoms with E-state index in [2.05, 4.69) is 4.98 Å². The summed E-state index contributed by atoms with van der Waals surface area (Å²) >= 11 is 2.46. The van der Waals surface area contributed by atoms with Crippen molar-refractivity contribution >= 4 is 44.4 Å². The van der Waals surface area contributed by atoms with Gasteiger partial charge in [0.1, 0.15) is 22.9 Å². The number of hydrogen-bond donors (Lipinski definition) is 0. The SMILES string of the molecule is O=C(CCSc1ccc(F)cc1)N(Cc1ccco1)c1nc2c(F)cc(F)cc2s1. The monoisotopic (exact) mass is 448 g/mol. The first-order valence-corrected chi connectivity index (χ1v) is 10.8. The first-order valence-electron chi connectivity index (χ1n) is 8.96. The van der Waals surface area contributed by atoms with Gasteiger partial charge in [0.05, 0.1) is 17.5 Å². The van der Waals surface area contributed by atoms with E-state index in [1.165, 1.54) is 41.1 Å². The summed E-state index contributed by atoms with van der Waals surface area (Å²) in [6.07, 6.45) is 1.67. The molecule has 1 amide bonds. The fraction of sp³-hybridized carbons (Fsp3) is 0.143. The third-order valence-electron chi connectivity index (χ3n) is 4.23. The summed E-state index contributed by atoms with van der Waals surface area (Å²) in [4.78, 5) is 19.4. The first kappa shape index (κ1) is 20.5. The fourth-order valence-corrected chi connectivity index (χ4v) is 4.67. The molecule has 0 bridgehead atoms. The molecule has 4 aromatic rings. The van der Waals surface area contributed by atoms with Gasteiger partial charge in [0, 0.05) is 23.1 Å². The quantitative estimate of drug-likeness (QED) is 0.324. The number of amides is 1. The zero-order valence-electron chi connectivity index (χ0n) is 15.5. The smallest absolute Gasteiger partial charge is 0.230 e. The van der Waals surface area contributed by atoms with Gasteiger partial charge in [-0.3, -0.25) is 9.69 Å². The van der Waals surface area contributed by atoms with Crippen LogP contribution in [0.3, 0.4) is 0 Å². The Morgan fingerprint density at radius 2 is 1.90 bits per heavy atom. The zero-order valence-corrected chi connectivity index (χ0v) is 17.1. The van der Waals surface area contributed by atoms with Crippen molar-refractivity contribution in [1.82, 2.24) is 4.98 Å². The van der Waals surface area contributed by atoms with Crippen molar-refractivity contribution in [2.75, 3.05) is 10.7 Å². The largest absolute Gasteiger partial charge is 0.467 e. The van der Waals surface area contributed by atoms with Crippen molar-refractivity contribution in [3.05, 3.63) is 78.0 Å². The van der Waals surface area contributed by atoms with Crippen LogP contribution in [-0.4, -0.2) is 16.6 Å². The van der Waals surface area contributed by atoms with Crippen LogP contribution in [-0.2, 0) is 11.3 Å². The van der Waals surface area contributed by atoms with Crippen LogP contribution in [0, 0.1) is 17.5 Å². The maximum Gasteiger partial charge on any atom is 0.230 e. The second-order valence-electron chi connectivity index (χ2n) is 6.34. The van der Waals surface area contributed by atoms with Crippen LogP contribution in [0.2, 0.25) is 0 Å². The molecule has 0 saturated heterocycles.